The molecule has 0 aliphatic carbocycles. The predicted molar refractivity (Wildman–Crippen MR) is 37.9 cm³/mol. The normalized spacial score (nSPS) is 13.7. The second kappa shape index (κ2) is 3.80. The molecule has 40 valence electrons. The van der Waals surface area contributed by atoms with E-state index in [1.54, 1.807) is 6.21 Å². The molecule has 0 rings (SSSR count). The van der Waals surface area contributed by atoms with Gasteiger partial charge >= 0.3 is 0 Å². The maximum Gasteiger partial charge on any atom is 0.0349 e. The van der Waals surface area contributed by atoms with Gasteiger partial charge in [-0.25, -0.2) is 0 Å². The molecule has 0 fully saturated rings. The van der Waals surface area contributed by atoms with Gasteiger partial charge < -0.3 is 0 Å². The highest BCUT2D eigenvalue weighted by Crippen LogP contribution is 1.80. The average Bonchev–Trinajstić information content (AvgIpc) is 1.61. The van der Waals surface area contributed by atoms with Crippen LogP contribution >= 0.6 is 0 Å². The van der Waals surface area contributed by atoms with Crippen molar-refractivity contribution in [3.8, 4) is 0 Å². The third-order valence-electron chi connectivity index (χ3n) is 0.482. The lowest BCUT2D eigenvalue weighted by molar-refractivity contribution is 1.50. The Kier molecular flexibility index (Phi) is 3.60. The summed E-state index contributed by atoms with van der Waals surface area (Å²) >= 11 is 0. The molecule has 0 bridgehead atoms. The molecule has 0 spiro atoms. The summed E-state index contributed by atoms with van der Waals surface area (Å²) in [4.78, 5) is 3.92. The minimum absolute atomic E-state index is 1.13. The van der Waals surface area contributed by atoms with Crippen LogP contribution in [0.3, 0.4) is 0 Å². The summed E-state index contributed by atoms with van der Waals surface area (Å²) in [7, 11) is 1.13. The van der Waals surface area contributed by atoms with Gasteiger partial charge in [0.1, 0.15) is 0 Å². The van der Waals surface area contributed by atoms with Crippen molar-refractivity contribution in [3.05, 3.63) is 11.4 Å². The van der Waals surface area contributed by atoms with E-state index in [2.05, 4.69) is 11.9 Å². The summed E-state index contributed by atoms with van der Waals surface area (Å²) < 4.78 is 0. The largest absolute Gasteiger partial charge is 0.270 e. The van der Waals surface area contributed by atoms with Crippen LogP contribution in [-0.2, 0) is 0 Å². The van der Waals surface area contributed by atoms with Gasteiger partial charge in [-0.15, -0.1) is 0 Å². The van der Waals surface area contributed by atoms with Crippen molar-refractivity contribution in [2.24, 2.45) is 4.99 Å². The molecular formula is C5H11NSi. The molecule has 0 aromatic rings. The zero-order valence-corrected chi connectivity index (χ0v) is 7.10. The van der Waals surface area contributed by atoms with Gasteiger partial charge in [-0.3, -0.25) is 4.99 Å². The van der Waals surface area contributed by atoms with Gasteiger partial charge in [0.15, 0.2) is 0 Å². The highest BCUT2D eigenvalue weighted by atomic mass is 28.1. The fraction of sp³-hybridized carbons (Fsp3) is 0.400. The summed E-state index contributed by atoms with van der Waals surface area (Å²) in [6.07, 6.45) is 3.69. The van der Waals surface area contributed by atoms with Gasteiger partial charge in [0, 0.05) is 22.7 Å². The van der Waals surface area contributed by atoms with E-state index < -0.39 is 0 Å². The molecular weight excluding hydrogens is 102 g/mol. The average molecular weight is 113 g/mol. The minimum atomic E-state index is 1.13. The minimum Gasteiger partial charge on any atom is -0.270 e. The van der Waals surface area contributed by atoms with E-state index in [9.17, 15) is 0 Å². The number of hydrogen-bond donors (Lipinski definition) is 0. The Bertz CT molecular complexity index is 90.3. The van der Waals surface area contributed by atoms with E-state index in [0.29, 0.717) is 0 Å². The maximum absolute atomic E-state index is 3.92. The van der Waals surface area contributed by atoms with E-state index >= 15 is 0 Å². The fourth-order valence-corrected chi connectivity index (χ4v) is 0.373. The number of hydrogen-bond acceptors (Lipinski definition) is 1. The van der Waals surface area contributed by atoms with Gasteiger partial charge in [0.2, 0.25) is 0 Å². The Morgan fingerprint density at radius 2 is 2.29 bits per heavy atom. The van der Waals surface area contributed by atoms with Crippen LogP contribution in [0.4, 0.5) is 0 Å². The van der Waals surface area contributed by atoms with Crippen LogP contribution in [0, 0.1) is 0 Å². The van der Waals surface area contributed by atoms with E-state index in [0.717, 1.165) is 10.2 Å². The quantitative estimate of drug-likeness (QED) is 0.343. The first kappa shape index (κ1) is 6.63. The first-order chi connectivity index (χ1) is 3.27. The van der Waals surface area contributed by atoms with Crippen molar-refractivity contribution in [2.75, 3.05) is 0 Å². The molecule has 1 nitrogen and oxygen atoms in total. The predicted octanol–water partition coefficient (Wildman–Crippen LogP) is 0.304. The Balaban J connectivity index is 3.46. The van der Waals surface area contributed by atoms with Gasteiger partial charge in [0.05, 0.1) is 0 Å². The van der Waals surface area contributed by atoms with Crippen LogP contribution in [-0.4, -0.2) is 16.5 Å². The molecule has 2 heteroatoms. The van der Waals surface area contributed by atoms with Crippen LogP contribution < -0.4 is 0 Å². The van der Waals surface area contributed by atoms with Crippen molar-refractivity contribution < 1.29 is 0 Å². The molecule has 0 atom stereocenters. The van der Waals surface area contributed by atoms with Crippen molar-refractivity contribution in [1.82, 2.24) is 0 Å². The smallest absolute Gasteiger partial charge is 0.0349 e. The number of nitrogens with zero attached hydrogens (tertiary/aromatic N) is 1. The summed E-state index contributed by atoms with van der Waals surface area (Å²) in [6.45, 7) is 4.00. The molecule has 0 heterocycles. The number of allylic oxidation sites excluding steroid dienone is 1. The standard InChI is InChI=1S/C5H11NSi/c1-3-6-4-5(2)7/h3-4H,1-2,7H3/b5-4+,6-3-. The summed E-state index contributed by atoms with van der Waals surface area (Å²) in [5.74, 6) is 0. The second-order valence-electron chi connectivity index (χ2n) is 1.61. The molecule has 0 saturated carbocycles. The maximum atomic E-state index is 3.92. The summed E-state index contributed by atoms with van der Waals surface area (Å²) in [5, 5.41) is 1.37. The second-order valence-corrected chi connectivity index (χ2v) is 3.19. The molecule has 0 N–H and O–H groups in total. The van der Waals surface area contributed by atoms with Gasteiger partial charge in [-0.2, -0.15) is 0 Å². The molecule has 0 aliphatic heterocycles. The summed E-state index contributed by atoms with van der Waals surface area (Å²) in [5.41, 5.74) is 0. The van der Waals surface area contributed by atoms with E-state index in [1.807, 2.05) is 13.1 Å². The lowest BCUT2D eigenvalue weighted by Gasteiger charge is -1.77. The zero-order valence-electron chi connectivity index (χ0n) is 5.10. The molecule has 0 aromatic carbocycles. The topological polar surface area (TPSA) is 12.4 Å². The van der Waals surface area contributed by atoms with Crippen LogP contribution in [0.1, 0.15) is 13.8 Å². The Morgan fingerprint density at radius 3 is 2.43 bits per heavy atom. The third-order valence-corrected chi connectivity index (χ3v) is 0.740. The molecule has 7 heavy (non-hydrogen) atoms. The van der Waals surface area contributed by atoms with Crippen molar-refractivity contribution in [2.45, 2.75) is 13.8 Å². The Hall–Kier alpha value is -0.373. The highest BCUT2D eigenvalue weighted by molar-refractivity contribution is 6.21. The SMILES string of the molecule is C/C=N\C=C(/C)[SiH3]. The highest BCUT2D eigenvalue weighted by Gasteiger charge is 1.66. The molecule has 0 radical (unpaired) electrons. The molecule has 0 aliphatic rings. The van der Waals surface area contributed by atoms with E-state index in [4.69, 9.17) is 0 Å². The lowest BCUT2D eigenvalue weighted by atomic mass is 10.7. The third kappa shape index (κ3) is 5.63. The first-order valence-electron chi connectivity index (χ1n) is 2.38. The molecule has 0 saturated heterocycles. The molecule has 0 aromatic heterocycles. The van der Waals surface area contributed by atoms with E-state index in [1.165, 1.54) is 5.20 Å². The van der Waals surface area contributed by atoms with Crippen molar-refractivity contribution >= 4 is 16.5 Å². The molecule has 0 unspecified atom stereocenters. The van der Waals surface area contributed by atoms with Crippen LogP contribution in [0.25, 0.3) is 0 Å². The number of rotatable bonds is 1. The van der Waals surface area contributed by atoms with Gasteiger partial charge in [-0.05, 0) is 13.8 Å². The summed E-state index contributed by atoms with van der Waals surface area (Å²) in [6, 6.07) is 0. The molecule has 0 amide bonds. The Morgan fingerprint density at radius 1 is 1.71 bits per heavy atom. The van der Waals surface area contributed by atoms with Crippen molar-refractivity contribution in [1.29, 1.82) is 0 Å². The van der Waals surface area contributed by atoms with Gasteiger partial charge in [-0.1, -0.05) is 5.20 Å². The van der Waals surface area contributed by atoms with E-state index in [-0.39, 0.29) is 0 Å². The van der Waals surface area contributed by atoms with Crippen LogP contribution in [0.15, 0.2) is 16.4 Å². The fourth-order valence-electron chi connectivity index (χ4n) is 0.224. The monoisotopic (exact) mass is 113 g/mol. The lowest BCUT2D eigenvalue weighted by Crippen LogP contribution is -1.66. The van der Waals surface area contributed by atoms with Crippen LogP contribution in [0.5, 0.6) is 0 Å². The number of aliphatic imine (C=N–C) groups is 1. The Labute approximate surface area is 47.6 Å². The van der Waals surface area contributed by atoms with Crippen LogP contribution in [0.2, 0.25) is 0 Å². The first-order valence-corrected chi connectivity index (χ1v) is 3.38. The van der Waals surface area contributed by atoms with Gasteiger partial charge in [0.25, 0.3) is 0 Å². The van der Waals surface area contributed by atoms with Crippen molar-refractivity contribution in [3.63, 3.8) is 0 Å². The zero-order chi connectivity index (χ0) is 5.70.